The number of carbonyl (C=O) groups is 6. The zero-order chi connectivity index (χ0) is 26.5. The summed E-state index contributed by atoms with van der Waals surface area (Å²) < 4.78 is 0. The number of aliphatic carboxylic acids is 1. The van der Waals surface area contributed by atoms with Gasteiger partial charge >= 0.3 is 5.97 Å². The number of aromatic amines is 1. The van der Waals surface area contributed by atoms with Crippen LogP contribution >= 0.6 is 0 Å². The minimum Gasteiger partial charge on any atom is -0.480 e. The van der Waals surface area contributed by atoms with Gasteiger partial charge in [0.2, 0.25) is 29.5 Å². The number of hydrogen-bond acceptors (Lipinski definition) is 9. The predicted octanol–water partition coefficient (Wildman–Crippen LogP) is -4.66. The summed E-state index contributed by atoms with van der Waals surface area (Å²) >= 11 is 0. The maximum absolute atomic E-state index is 12.9. The first kappa shape index (κ1) is 29.0. The minimum absolute atomic E-state index is 0.0664. The molecule has 194 valence electrons. The van der Waals surface area contributed by atoms with Crippen LogP contribution < -0.4 is 33.2 Å². The molecule has 0 bridgehead atoms. The van der Waals surface area contributed by atoms with Gasteiger partial charge in [0, 0.05) is 31.2 Å². The van der Waals surface area contributed by atoms with Crippen molar-refractivity contribution in [2.24, 2.45) is 17.2 Å². The Balaban J connectivity index is 2.90. The summed E-state index contributed by atoms with van der Waals surface area (Å²) in [5, 5.41) is 25.5. The lowest BCUT2D eigenvalue weighted by Gasteiger charge is -2.24. The number of aliphatic hydroxyl groups excluding tert-OH is 1. The molecule has 4 atom stereocenters. The van der Waals surface area contributed by atoms with Crippen molar-refractivity contribution >= 4 is 35.5 Å². The van der Waals surface area contributed by atoms with E-state index in [0.717, 1.165) is 0 Å². The van der Waals surface area contributed by atoms with Crippen LogP contribution in [0, 0.1) is 0 Å². The largest absolute Gasteiger partial charge is 0.480 e. The molecule has 0 saturated carbocycles. The van der Waals surface area contributed by atoms with E-state index >= 15 is 0 Å². The Kier molecular flexibility index (Phi) is 11.8. The van der Waals surface area contributed by atoms with Gasteiger partial charge in [0.15, 0.2) is 0 Å². The molecule has 0 aromatic carbocycles. The Morgan fingerprint density at radius 3 is 1.94 bits per heavy atom. The highest BCUT2D eigenvalue weighted by Gasteiger charge is 2.30. The van der Waals surface area contributed by atoms with Crippen LogP contribution in [-0.4, -0.2) is 86.5 Å². The van der Waals surface area contributed by atoms with Crippen molar-refractivity contribution in [3.05, 3.63) is 18.2 Å². The number of imidazole rings is 1. The number of carboxylic acid groups (broad SMARTS) is 1. The third-order valence-electron chi connectivity index (χ3n) is 4.76. The molecule has 16 heteroatoms. The van der Waals surface area contributed by atoms with E-state index in [2.05, 4.69) is 25.9 Å². The van der Waals surface area contributed by atoms with Crippen LogP contribution in [0.25, 0.3) is 0 Å². The summed E-state index contributed by atoms with van der Waals surface area (Å²) in [6.07, 6.45) is 1.79. The highest BCUT2D eigenvalue weighted by Crippen LogP contribution is 2.03. The van der Waals surface area contributed by atoms with Crippen molar-refractivity contribution in [3.8, 4) is 0 Å². The number of nitrogens with one attached hydrogen (secondary N) is 4. The number of primary amides is 2. The summed E-state index contributed by atoms with van der Waals surface area (Å²) in [6, 6.07) is -5.51. The fourth-order valence-corrected chi connectivity index (χ4v) is 2.82. The molecular weight excluding hydrogens is 468 g/mol. The van der Waals surface area contributed by atoms with Gasteiger partial charge in [-0.15, -0.1) is 0 Å². The second-order valence-corrected chi connectivity index (χ2v) is 7.60. The monoisotopic (exact) mass is 498 g/mol. The smallest absolute Gasteiger partial charge is 0.326 e. The molecule has 1 heterocycles. The van der Waals surface area contributed by atoms with Crippen LogP contribution in [0.1, 0.15) is 31.4 Å². The number of carboxylic acids is 1. The Morgan fingerprint density at radius 1 is 0.886 bits per heavy atom. The Morgan fingerprint density at radius 2 is 1.43 bits per heavy atom. The maximum atomic E-state index is 12.9. The highest BCUT2D eigenvalue weighted by molar-refractivity contribution is 5.94. The lowest BCUT2D eigenvalue weighted by atomic mass is 10.1. The Hall–Kier alpha value is -4.05. The fourth-order valence-electron chi connectivity index (χ4n) is 2.82. The first-order valence-electron chi connectivity index (χ1n) is 10.5. The van der Waals surface area contributed by atoms with E-state index in [1.54, 1.807) is 0 Å². The second kappa shape index (κ2) is 14.3. The number of carbonyl (C=O) groups excluding carboxylic acids is 5. The standard InChI is InChI=1S/C19H30N8O8/c20-10(1-3-14(21)29)16(31)26-12(5-9-6-23-8-24-9)17(32)27-13(7-28)18(33)25-11(19(34)35)2-4-15(22)30/h6,8,10-13,28H,1-5,7,20H2,(H2,21,29)(H2,22,30)(H,23,24)(H,25,33)(H,26,31)(H,27,32)(H,34,35). The van der Waals surface area contributed by atoms with Crippen LogP contribution in [0.4, 0.5) is 0 Å². The van der Waals surface area contributed by atoms with Gasteiger partial charge in [-0.2, -0.15) is 0 Å². The number of amides is 5. The van der Waals surface area contributed by atoms with E-state index in [1.807, 2.05) is 0 Å². The van der Waals surface area contributed by atoms with Crippen molar-refractivity contribution in [2.75, 3.05) is 6.61 Å². The maximum Gasteiger partial charge on any atom is 0.326 e. The number of hydrogen-bond donors (Lipinski definition) is 9. The van der Waals surface area contributed by atoms with Crippen LogP contribution in [0.2, 0.25) is 0 Å². The number of nitrogens with zero attached hydrogens (tertiary/aromatic N) is 1. The lowest BCUT2D eigenvalue weighted by molar-refractivity contribution is -0.143. The van der Waals surface area contributed by atoms with Crippen molar-refractivity contribution < 1.29 is 39.0 Å². The summed E-state index contributed by atoms with van der Waals surface area (Å²) in [7, 11) is 0. The molecule has 1 aromatic rings. The van der Waals surface area contributed by atoms with Gasteiger partial charge in [0.05, 0.1) is 19.0 Å². The van der Waals surface area contributed by atoms with E-state index in [4.69, 9.17) is 17.2 Å². The highest BCUT2D eigenvalue weighted by atomic mass is 16.4. The molecule has 1 aromatic heterocycles. The molecule has 35 heavy (non-hydrogen) atoms. The second-order valence-electron chi connectivity index (χ2n) is 7.60. The van der Waals surface area contributed by atoms with Gasteiger partial charge in [-0.25, -0.2) is 9.78 Å². The third kappa shape index (κ3) is 10.6. The molecule has 0 aliphatic carbocycles. The van der Waals surface area contributed by atoms with E-state index in [0.29, 0.717) is 5.69 Å². The van der Waals surface area contributed by atoms with E-state index in [1.165, 1.54) is 12.5 Å². The number of aliphatic hydroxyl groups is 1. The lowest BCUT2D eigenvalue weighted by Crippen LogP contribution is -2.58. The number of nitrogens with two attached hydrogens (primary N) is 3. The SMILES string of the molecule is NC(=O)CCC(N)C(=O)NC(Cc1cnc[nH]1)C(=O)NC(CO)C(=O)NC(CCC(N)=O)C(=O)O. The summed E-state index contributed by atoms with van der Waals surface area (Å²) in [4.78, 5) is 77.4. The molecule has 12 N–H and O–H groups in total. The van der Waals surface area contributed by atoms with Gasteiger partial charge in [-0.05, 0) is 12.8 Å². The molecule has 5 amide bonds. The first-order valence-corrected chi connectivity index (χ1v) is 10.5. The van der Waals surface area contributed by atoms with Gasteiger partial charge < -0.3 is 48.3 Å². The number of H-pyrrole nitrogens is 1. The van der Waals surface area contributed by atoms with Crippen molar-refractivity contribution in [3.63, 3.8) is 0 Å². The summed E-state index contributed by atoms with van der Waals surface area (Å²) in [5.41, 5.74) is 16.2. The normalized spacial score (nSPS) is 14.1. The Bertz CT molecular complexity index is 907. The van der Waals surface area contributed by atoms with Gasteiger partial charge in [-0.1, -0.05) is 0 Å². The molecule has 0 saturated heterocycles. The zero-order valence-electron chi connectivity index (χ0n) is 18.7. The Labute approximate surface area is 199 Å². The van der Waals surface area contributed by atoms with Crippen LogP contribution in [0.3, 0.4) is 0 Å². The topological polar surface area (TPSA) is 286 Å². The molecule has 0 spiro atoms. The molecule has 0 fully saturated rings. The van der Waals surface area contributed by atoms with Gasteiger partial charge in [0.1, 0.15) is 18.1 Å². The van der Waals surface area contributed by atoms with Crippen LogP contribution in [-0.2, 0) is 35.2 Å². The van der Waals surface area contributed by atoms with E-state index in [9.17, 15) is 39.0 Å². The van der Waals surface area contributed by atoms with Crippen molar-refractivity contribution in [1.82, 2.24) is 25.9 Å². The molecule has 4 unspecified atom stereocenters. The van der Waals surface area contributed by atoms with Crippen LogP contribution in [0.15, 0.2) is 12.5 Å². The number of aromatic nitrogens is 2. The minimum atomic E-state index is -1.58. The molecule has 0 radical (unpaired) electrons. The zero-order valence-corrected chi connectivity index (χ0v) is 18.7. The summed E-state index contributed by atoms with van der Waals surface area (Å²) in [6.45, 7) is -0.900. The molecule has 1 rings (SSSR count). The number of rotatable bonds is 16. The molecular formula is C19H30N8O8. The van der Waals surface area contributed by atoms with E-state index < -0.39 is 66.3 Å². The van der Waals surface area contributed by atoms with Crippen LogP contribution in [0.5, 0.6) is 0 Å². The third-order valence-corrected chi connectivity index (χ3v) is 4.76. The van der Waals surface area contributed by atoms with E-state index in [-0.39, 0.29) is 32.1 Å². The van der Waals surface area contributed by atoms with Crippen molar-refractivity contribution in [2.45, 2.75) is 56.3 Å². The van der Waals surface area contributed by atoms with Crippen molar-refractivity contribution in [1.29, 1.82) is 0 Å². The molecule has 16 nitrogen and oxygen atoms in total. The quantitative estimate of drug-likeness (QED) is 0.105. The average Bonchev–Trinajstić information content (AvgIpc) is 3.30. The fraction of sp³-hybridized carbons (Fsp3) is 0.526. The molecule has 0 aliphatic rings. The first-order chi connectivity index (χ1) is 16.4. The summed E-state index contributed by atoms with van der Waals surface area (Å²) in [5.74, 6) is -5.59. The molecule has 0 aliphatic heterocycles. The van der Waals surface area contributed by atoms with Gasteiger partial charge in [-0.3, -0.25) is 24.0 Å². The van der Waals surface area contributed by atoms with Gasteiger partial charge in [0.25, 0.3) is 0 Å². The predicted molar refractivity (Wildman–Crippen MR) is 118 cm³/mol. The average molecular weight is 498 g/mol.